The highest BCUT2D eigenvalue weighted by Gasteiger charge is 2.23. The molecule has 0 fully saturated rings. The highest BCUT2D eigenvalue weighted by atomic mass is 19.1. The number of hydrogen-bond donors (Lipinski definition) is 2. The van der Waals surface area contributed by atoms with Crippen molar-refractivity contribution in [2.24, 2.45) is 0 Å². The molecule has 1 amide bonds. The lowest BCUT2D eigenvalue weighted by Gasteiger charge is -2.28. The van der Waals surface area contributed by atoms with E-state index < -0.39 is 11.8 Å². The zero-order valence-corrected chi connectivity index (χ0v) is 18.2. The molecule has 0 aliphatic heterocycles. The fraction of sp³-hybridized carbons (Fsp3) is 0.231. The van der Waals surface area contributed by atoms with Gasteiger partial charge in [-0.25, -0.2) is 4.39 Å². The molecule has 0 unspecified atom stereocenters. The maximum atomic E-state index is 14.7. The van der Waals surface area contributed by atoms with Crippen LogP contribution in [0.2, 0.25) is 0 Å². The molecule has 6 heteroatoms. The van der Waals surface area contributed by atoms with Gasteiger partial charge in [-0.05, 0) is 49.2 Å². The zero-order valence-electron chi connectivity index (χ0n) is 18.2. The molecule has 168 valence electrons. The van der Waals surface area contributed by atoms with Gasteiger partial charge in [0, 0.05) is 37.4 Å². The molecule has 5 nitrogen and oxygen atoms in total. The lowest BCUT2D eigenvalue weighted by molar-refractivity contribution is -0.136. The summed E-state index contributed by atoms with van der Waals surface area (Å²) in [4.78, 5) is 26.2. The smallest absolute Gasteiger partial charge is 0.305 e. The van der Waals surface area contributed by atoms with Crippen LogP contribution in [0.3, 0.4) is 0 Å². The monoisotopic (exact) mass is 436 g/mol. The molecule has 32 heavy (non-hydrogen) atoms. The Hall–Kier alpha value is -3.67. The Kier molecular flexibility index (Phi) is 7.60. The molecule has 3 aromatic rings. The van der Waals surface area contributed by atoms with Crippen molar-refractivity contribution in [1.82, 2.24) is 4.90 Å². The number of carbonyl (C=O) groups is 2. The summed E-state index contributed by atoms with van der Waals surface area (Å²) in [5, 5.41) is 11.9. The van der Waals surface area contributed by atoms with E-state index in [1.54, 1.807) is 41.3 Å². The number of carboxylic acids is 1. The molecule has 0 atom stereocenters. The van der Waals surface area contributed by atoms with Gasteiger partial charge in [0.05, 0.1) is 6.42 Å². The number of nitrogens with one attached hydrogen (secondary N) is 1. The number of benzene rings is 3. The van der Waals surface area contributed by atoms with Crippen LogP contribution in [-0.2, 0) is 11.3 Å². The maximum absolute atomic E-state index is 14.7. The quantitative estimate of drug-likeness (QED) is 0.453. The highest BCUT2D eigenvalue weighted by molar-refractivity contribution is 6.01. The summed E-state index contributed by atoms with van der Waals surface area (Å²) in [6.07, 6.45) is -0.0477. The second kappa shape index (κ2) is 10.6. The van der Waals surface area contributed by atoms with E-state index in [4.69, 9.17) is 5.11 Å². The van der Waals surface area contributed by atoms with Gasteiger partial charge in [-0.1, -0.05) is 48.5 Å². The second-order valence-corrected chi connectivity index (χ2v) is 7.82. The van der Waals surface area contributed by atoms with Gasteiger partial charge in [0.25, 0.3) is 5.91 Å². The number of carbonyl (C=O) groups excluding carboxylic acids is 1. The predicted molar refractivity (Wildman–Crippen MR) is 126 cm³/mol. The van der Waals surface area contributed by atoms with Gasteiger partial charge in [0.2, 0.25) is 0 Å². The van der Waals surface area contributed by atoms with E-state index in [0.29, 0.717) is 28.9 Å². The summed E-state index contributed by atoms with van der Waals surface area (Å²) in [7, 11) is 0. The fourth-order valence-electron chi connectivity index (χ4n) is 3.48. The molecule has 0 spiro atoms. The van der Waals surface area contributed by atoms with Crippen molar-refractivity contribution in [2.75, 3.05) is 11.9 Å². The second-order valence-electron chi connectivity index (χ2n) is 7.82. The van der Waals surface area contributed by atoms with E-state index in [0.717, 1.165) is 5.56 Å². The van der Waals surface area contributed by atoms with Crippen LogP contribution in [0.25, 0.3) is 11.1 Å². The molecule has 3 rings (SSSR count). The summed E-state index contributed by atoms with van der Waals surface area (Å²) in [5.41, 5.74) is 2.81. The summed E-state index contributed by atoms with van der Waals surface area (Å²) in [5.74, 6) is -1.53. The third-order valence-corrected chi connectivity index (χ3v) is 5.16. The Balaban J connectivity index is 0.00000385. The number of halogens is 1. The van der Waals surface area contributed by atoms with Gasteiger partial charge in [-0.15, -0.1) is 0 Å². The van der Waals surface area contributed by atoms with Crippen molar-refractivity contribution in [3.63, 3.8) is 0 Å². The summed E-state index contributed by atoms with van der Waals surface area (Å²) in [6, 6.07) is 21.1. The van der Waals surface area contributed by atoms with Crippen molar-refractivity contribution in [3.05, 3.63) is 89.7 Å². The Morgan fingerprint density at radius 1 is 1.00 bits per heavy atom. The Morgan fingerprint density at radius 3 is 2.34 bits per heavy atom. The van der Waals surface area contributed by atoms with Crippen molar-refractivity contribution < 1.29 is 20.5 Å². The number of aliphatic carboxylic acids is 1. The average molecular weight is 437 g/mol. The van der Waals surface area contributed by atoms with E-state index >= 15 is 0 Å². The highest BCUT2D eigenvalue weighted by Crippen LogP contribution is 2.31. The van der Waals surface area contributed by atoms with Crippen molar-refractivity contribution in [2.45, 2.75) is 32.9 Å². The van der Waals surface area contributed by atoms with Crippen molar-refractivity contribution in [3.8, 4) is 11.1 Å². The number of carboxylic acid groups (broad SMARTS) is 1. The fourth-order valence-corrected chi connectivity index (χ4v) is 3.48. The van der Waals surface area contributed by atoms with Gasteiger partial charge in [0.1, 0.15) is 5.82 Å². The largest absolute Gasteiger partial charge is 0.481 e. The molecule has 0 aromatic heterocycles. The van der Waals surface area contributed by atoms with Gasteiger partial charge >= 0.3 is 5.97 Å². The summed E-state index contributed by atoms with van der Waals surface area (Å²) < 4.78 is 14.7. The molecular formula is C26H29FN2O3. The first kappa shape index (κ1) is 23.0. The van der Waals surface area contributed by atoms with E-state index in [9.17, 15) is 14.0 Å². The van der Waals surface area contributed by atoms with E-state index in [1.165, 1.54) is 6.07 Å². The molecule has 0 heterocycles. The normalized spacial score (nSPS) is 10.8. The number of hydrogen-bond acceptors (Lipinski definition) is 3. The van der Waals surface area contributed by atoms with Crippen LogP contribution < -0.4 is 5.32 Å². The Labute approximate surface area is 189 Å². The van der Waals surface area contributed by atoms with Crippen LogP contribution in [0.1, 0.15) is 37.6 Å². The van der Waals surface area contributed by atoms with Crippen LogP contribution in [0.4, 0.5) is 10.1 Å². The minimum Gasteiger partial charge on any atom is -0.481 e. The molecule has 0 bridgehead atoms. The number of amides is 1. The number of rotatable bonds is 9. The average Bonchev–Trinajstić information content (AvgIpc) is 2.77. The first-order valence-electron chi connectivity index (χ1n) is 10.6. The number of nitrogens with zero attached hydrogens (tertiary/aromatic N) is 1. The molecule has 0 saturated heterocycles. The van der Waals surface area contributed by atoms with Crippen molar-refractivity contribution >= 4 is 17.6 Å². The SMILES string of the molecule is CC(C)N(Cc1ccccc1)C(=O)c1ccc(NCCC(=O)O)cc1-c1ccccc1F.[HH]. The van der Waals surface area contributed by atoms with Gasteiger partial charge in [-0.3, -0.25) is 9.59 Å². The minimum atomic E-state index is -0.910. The molecule has 2 N–H and O–H groups in total. The van der Waals surface area contributed by atoms with Crippen molar-refractivity contribution in [1.29, 1.82) is 0 Å². The van der Waals surface area contributed by atoms with E-state index in [-0.39, 0.29) is 26.3 Å². The topological polar surface area (TPSA) is 69.6 Å². The number of anilines is 1. The first-order chi connectivity index (χ1) is 15.4. The standard InChI is InChI=1S/C26H27FN2O3.H2/c1-18(2)29(17-19-8-4-3-5-9-19)26(32)22-13-12-20(28-15-14-25(30)31)16-23(22)21-10-6-7-11-24(21)27;/h3-13,16,18,28H,14-15,17H2,1-2H3,(H,30,31);1H. The van der Waals surface area contributed by atoms with E-state index in [1.807, 2.05) is 44.2 Å². The van der Waals surface area contributed by atoms with Gasteiger partial charge in [-0.2, -0.15) is 0 Å². The van der Waals surface area contributed by atoms with Gasteiger partial charge < -0.3 is 15.3 Å². The van der Waals surface area contributed by atoms with Gasteiger partial charge in [0.15, 0.2) is 0 Å². The molecule has 3 aromatic carbocycles. The lowest BCUT2D eigenvalue weighted by atomic mass is 9.96. The van der Waals surface area contributed by atoms with E-state index in [2.05, 4.69) is 5.32 Å². The summed E-state index contributed by atoms with van der Waals surface area (Å²) >= 11 is 0. The summed E-state index contributed by atoms with van der Waals surface area (Å²) in [6.45, 7) is 4.56. The molecule has 0 aliphatic carbocycles. The minimum absolute atomic E-state index is 0. The van der Waals surface area contributed by atoms with Crippen LogP contribution in [0.15, 0.2) is 72.8 Å². The molecule has 0 radical (unpaired) electrons. The zero-order chi connectivity index (χ0) is 23.1. The first-order valence-corrected chi connectivity index (χ1v) is 10.6. The van der Waals surface area contributed by atoms with Crippen LogP contribution in [0, 0.1) is 5.82 Å². The third-order valence-electron chi connectivity index (χ3n) is 5.16. The molecule has 0 saturated carbocycles. The van der Waals surface area contributed by atoms with Crippen LogP contribution in [-0.4, -0.2) is 34.5 Å². The Morgan fingerprint density at radius 2 is 1.69 bits per heavy atom. The van der Waals surface area contributed by atoms with Crippen LogP contribution in [0.5, 0.6) is 0 Å². The Bertz CT molecular complexity index is 1090. The maximum Gasteiger partial charge on any atom is 0.305 e. The molecule has 0 aliphatic rings. The molecular weight excluding hydrogens is 407 g/mol. The lowest BCUT2D eigenvalue weighted by Crippen LogP contribution is -2.36. The third kappa shape index (κ3) is 5.72. The predicted octanol–water partition coefficient (Wildman–Crippen LogP) is 5.68. The van der Waals surface area contributed by atoms with Crippen LogP contribution >= 0.6 is 0 Å².